The fourth-order valence-corrected chi connectivity index (χ4v) is 2.79. The molecule has 0 aromatic carbocycles. The lowest BCUT2D eigenvalue weighted by molar-refractivity contribution is 0.122. The minimum atomic E-state index is 0.00418. The Morgan fingerprint density at radius 2 is 2.00 bits per heavy atom. The number of hydrogen-bond donors (Lipinski definition) is 1. The zero-order valence-corrected chi connectivity index (χ0v) is 10.6. The highest BCUT2D eigenvalue weighted by molar-refractivity contribution is 5.42. The number of H-pyrrole nitrogens is 1. The molecule has 0 saturated carbocycles. The van der Waals surface area contributed by atoms with E-state index in [0.717, 1.165) is 43.6 Å². The van der Waals surface area contributed by atoms with Gasteiger partial charge in [-0.25, -0.2) is 4.98 Å². The monoisotopic (exact) mass is 261 g/mol. The molecule has 1 aliphatic carbocycles. The second-order valence-corrected chi connectivity index (χ2v) is 4.98. The van der Waals surface area contributed by atoms with Crippen LogP contribution in [0.4, 0.5) is 5.95 Å². The third kappa shape index (κ3) is 1.65. The van der Waals surface area contributed by atoms with Gasteiger partial charge in [0.05, 0.1) is 18.9 Å². The molecule has 0 unspecified atom stereocenters. The molecule has 2 aromatic rings. The normalized spacial score (nSPS) is 19.1. The van der Waals surface area contributed by atoms with Gasteiger partial charge in [0.2, 0.25) is 5.95 Å². The number of morpholine rings is 1. The Balaban J connectivity index is 1.83. The average molecular weight is 261 g/mol. The molecular formula is C12H15N5O2. The van der Waals surface area contributed by atoms with E-state index in [1.807, 2.05) is 0 Å². The van der Waals surface area contributed by atoms with E-state index in [0.29, 0.717) is 24.9 Å². The first-order valence-electron chi connectivity index (χ1n) is 6.66. The van der Waals surface area contributed by atoms with Crippen LogP contribution in [0.2, 0.25) is 0 Å². The molecule has 7 heteroatoms. The lowest BCUT2D eigenvalue weighted by atomic mass is 10.3. The molecule has 1 N–H and O–H groups in total. The maximum absolute atomic E-state index is 12.3. The third-order valence-electron chi connectivity index (χ3n) is 3.81. The minimum Gasteiger partial charge on any atom is -0.378 e. The average Bonchev–Trinajstić information content (AvgIpc) is 3.06. The van der Waals surface area contributed by atoms with Gasteiger partial charge >= 0.3 is 0 Å². The van der Waals surface area contributed by atoms with Crippen molar-refractivity contribution in [2.45, 2.75) is 19.3 Å². The van der Waals surface area contributed by atoms with Crippen LogP contribution < -0.4 is 10.5 Å². The highest BCUT2D eigenvalue weighted by Crippen LogP contribution is 2.17. The van der Waals surface area contributed by atoms with Crippen molar-refractivity contribution in [1.29, 1.82) is 0 Å². The van der Waals surface area contributed by atoms with Crippen LogP contribution in [0.3, 0.4) is 0 Å². The summed E-state index contributed by atoms with van der Waals surface area (Å²) in [4.78, 5) is 23.3. The number of aromatic nitrogens is 4. The number of rotatable bonds is 1. The number of fused-ring (bicyclic) bond motifs is 2. The molecule has 7 nitrogen and oxygen atoms in total. The number of nitrogens with one attached hydrogen (secondary N) is 1. The van der Waals surface area contributed by atoms with Gasteiger partial charge in [0.1, 0.15) is 0 Å². The Labute approximate surface area is 109 Å². The molecule has 1 aliphatic heterocycles. The second kappa shape index (κ2) is 4.06. The van der Waals surface area contributed by atoms with E-state index in [1.165, 1.54) is 4.52 Å². The Hall–Kier alpha value is -1.89. The van der Waals surface area contributed by atoms with Crippen LogP contribution in [0.1, 0.15) is 17.7 Å². The molecule has 2 aromatic heterocycles. The molecule has 0 spiro atoms. The summed E-state index contributed by atoms with van der Waals surface area (Å²) in [5.74, 6) is 1.18. The van der Waals surface area contributed by atoms with E-state index in [9.17, 15) is 4.79 Å². The Bertz CT molecular complexity index is 683. The van der Waals surface area contributed by atoms with Crippen LogP contribution in [0.25, 0.3) is 5.78 Å². The number of anilines is 1. The third-order valence-corrected chi connectivity index (χ3v) is 3.81. The van der Waals surface area contributed by atoms with Crippen molar-refractivity contribution in [2.75, 3.05) is 31.2 Å². The van der Waals surface area contributed by atoms with Gasteiger partial charge in [-0.05, 0) is 19.3 Å². The Morgan fingerprint density at radius 1 is 1.16 bits per heavy atom. The molecule has 3 heterocycles. The van der Waals surface area contributed by atoms with E-state index < -0.39 is 0 Å². The maximum atomic E-state index is 12.3. The van der Waals surface area contributed by atoms with Gasteiger partial charge in [-0.2, -0.15) is 9.50 Å². The Kier molecular flexibility index (Phi) is 2.34. The zero-order valence-electron chi connectivity index (χ0n) is 10.6. The molecule has 19 heavy (non-hydrogen) atoms. The molecule has 1 fully saturated rings. The fraction of sp³-hybridized carbons (Fsp3) is 0.583. The first kappa shape index (κ1) is 11.0. The molecule has 0 atom stereocenters. The smallest absolute Gasteiger partial charge is 0.277 e. The van der Waals surface area contributed by atoms with Crippen LogP contribution in [-0.4, -0.2) is 45.9 Å². The van der Waals surface area contributed by atoms with Crippen LogP contribution in [0.15, 0.2) is 4.79 Å². The summed E-state index contributed by atoms with van der Waals surface area (Å²) in [6.45, 7) is 2.95. The number of aromatic amines is 1. The standard InChI is InChI=1S/C12H15N5O2/c18-10-8-2-1-3-9(8)13-11-14-12(15-17(10)11)16-4-6-19-7-5-16/h1-7H2,(H,13,14,15). The van der Waals surface area contributed by atoms with Gasteiger partial charge in [-0.15, -0.1) is 0 Å². The summed E-state index contributed by atoms with van der Waals surface area (Å²) in [6, 6.07) is 0. The summed E-state index contributed by atoms with van der Waals surface area (Å²) < 4.78 is 6.78. The Morgan fingerprint density at radius 3 is 2.84 bits per heavy atom. The van der Waals surface area contributed by atoms with Crippen molar-refractivity contribution < 1.29 is 4.74 Å². The van der Waals surface area contributed by atoms with Crippen molar-refractivity contribution >= 4 is 11.7 Å². The van der Waals surface area contributed by atoms with Gasteiger partial charge in [-0.1, -0.05) is 0 Å². The quantitative estimate of drug-likeness (QED) is 0.765. The second-order valence-electron chi connectivity index (χ2n) is 4.98. The molecule has 0 amide bonds. The molecule has 0 bridgehead atoms. The SMILES string of the molecule is O=c1c2c(nc3nc(N4CCOCC4)[nH]n13)CCC2. The molecular weight excluding hydrogens is 246 g/mol. The van der Waals surface area contributed by atoms with Crippen LogP contribution in [0.5, 0.6) is 0 Å². The van der Waals surface area contributed by atoms with Gasteiger partial charge in [0.25, 0.3) is 11.3 Å². The number of nitrogens with zero attached hydrogens (tertiary/aromatic N) is 4. The van der Waals surface area contributed by atoms with E-state index >= 15 is 0 Å². The zero-order chi connectivity index (χ0) is 12.8. The summed E-state index contributed by atoms with van der Waals surface area (Å²) in [7, 11) is 0. The van der Waals surface area contributed by atoms with E-state index in [2.05, 4.69) is 20.0 Å². The highest BCUT2D eigenvalue weighted by atomic mass is 16.5. The number of hydrogen-bond acceptors (Lipinski definition) is 5. The van der Waals surface area contributed by atoms with E-state index in [4.69, 9.17) is 4.74 Å². The largest absolute Gasteiger partial charge is 0.378 e. The summed E-state index contributed by atoms with van der Waals surface area (Å²) in [6.07, 6.45) is 2.73. The van der Waals surface area contributed by atoms with E-state index in [-0.39, 0.29) is 5.56 Å². The molecule has 100 valence electrons. The van der Waals surface area contributed by atoms with Gasteiger partial charge in [0.15, 0.2) is 0 Å². The lowest BCUT2D eigenvalue weighted by Crippen LogP contribution is -2.37. The van der Waals surface area contributed by atoms with Crippen molar-refractivity contribution in [3.05, 3.63) is 21.6 Å². The fourth-order valence-electron chi connectivity index (χ4n) is 2.79. The number of ether oxygens (including phenoxy) is 1. The molecule has 0 radical (unpaired) electrons. The number of aryl methyl sites for hydroxylation is 1. The first-order valence-corrected chi connectivity index (χ1v) is 6.66. The van der Waals surface area contributed by atoms with Gasteiger partial charge in [0, 0.05) is 18.7 Å². The lowest BCUT2D eigenvalue weighted by Gasteiger charge is -2.25. The van der Waals surface area contributed by atoms with Crippen molar-refractivity contribution in [3.8, 4) is 0 Å². The van der Waals surface area contributed by atoms with E-state index in [1.54, 1.807) is 0 Å². The van der Waals surface area contributed by atoms with Gasteiger partial charge in [-0.3, -0.25) is 9.89 Å². The molecule has 4 rings (SSSR count). The molecule has 1 saturated heterocycles. The minimum absolute atomic E-state index is 0.00418. The predicted octanol–water partition coefficient (Wildman–Crippen LogP) is -0.257. The topological polar surface area (TPSA) is 75.5 Å². The van der Waals surface area contributed by atoms with Crippen molar-refractivity contribution in [3.63, 3.8) is 0 Å². The first-order chi connectivity index (χ1) is 9.33. The van der Waals surface area contributed by atoms with Crippen LogP contribution in [0, 0.1) is 0 Å². The predicted molar refractivity (Wildman–Crippen MR) is 68.7 cm³/mol. The van der Waals surface area contributed by atoms with Gasteiger partial charge < -0.3 is 9.64 Å². The highest BCUT2D eigenvalue weighted by Gasteiger charge is 2.21. The maximum Gasteiger partial charge on any atom is 0.277 e. The van der Waals surface area contributed by atoms with Crippen LogP contribution >= 0.6 is 0 Å². The van der Waals surface area contributed by atoms with Crippen molar-refractivity contribution in [1.82, 2.24) is 19.6 Å². The summed E-state index contributed by atoms with van der Waals surface area (Å²) in [5.41, 5.74) is 1.77. The van der Waals surface area contributed by atoms with Crippen LogP contribution in [-0.2, 0) is 17.6 Å². The summed E-state index contributed by atoms with van der Waals surface area (Å²) in [5, 5.41) is 3.06. The summed E-state index contributed by atoms with van der Waals surface area (Å²) >= 11 is 0. The van der Waals surface area contributed by atoms with Crippen molar-refractivity contribution in [2.24, 2.45) is 0 Å². The molecule has 2 aliphatic rings.